The van der Waals surface area contributed by atoms with Crippen molar-refractivity contribution in [3.63, 3.8) is 0 Å². The van der Waals surface area contributed by atoms with Crippen LogP contribution in [0, 0.1) is 11.3 Å². The van der Waals surface area contributed by atoms with E-state index in [9.17, 15) is 9.59 Å². The topological polar surface area (TPSA) is 34.1 Å². The maximum absolute atomic E-state index is 13.3. The number of ketones is 2. The van der Waals surface area contributed by atoms with Crippen molar-refractivity contribution in [3.8, 4) is 0 Å². The SMILES string of the molecule is C=CCC1CC2=C(C(=O)c3ccccc3C2=O)C(CC=C)(CC=C)C1. The Morgan fingerprint density at radius 3 is 2.12 bits per heavy atom. The fourth-order valence-electron chi connectivity index (χ4n) is 4.61. The van der Waals surface area contributed by atoms with Crippen LogP contribution in [-0.4, -0.2) is 11.6 Å². The second kappa shape index (κ2) is 6.79. The highest BCUT2D eigenvalue weighted by atomic mass is 16.1. The van der Waals surface area contributed by atoms with Gasteiger partial charge in [0.05, 0.1) is 0 Å². The number of carbonyl (C=O) groups is 2. The van der Waals surface area contributed by atoms with Gasteiger partial charge in [-0.2, -0.15) is 0 Å². The van der Waals surface area contributed by atoms with Gasteiger partial charge in [-0.1, -0.05) is 42.5 Å². The van der Waals surface area contributed by atoms with Gasteiger partial charge in [0.25, 0.3) is 0 Å². The van der Waals surface area contributed by atoms with Crippen LogP contribution < -0.4 is 0 Å². The molecule has 0 spiro atoms. The smallest absolute Gasteiger partial charge is 0.190 e. The van der Waals surface area contributed by atoms with Gasteiger partial charge in [-0.25, -0.2) is 0 Å². The Bertz CT molecular complexity index is 784. The summed E-state index contributed by atoms with van der Waals surface area (Å²) in [6.07, 6.45) is 9.33. The molecule has 0 aliphatic heterocycles. The Morgan fingerprint density at radius 1 is 0.960 bits per heavy atom. The van der Waals surface area contributed by atoms with E-state index in [2.05, 4.69) is 19.7 Å². The number of fused-ring (bicyclic) bond motifs is 1. The van der Waals surface area contributed by atoms with Crippen LogP contribution in [0.1, 0.15) is 52.8 Å². The summed E-state index contributed by atoms with van der Waals surface area (Å²) in [5, 5.41) is 0. The number of rotatable bonds is 6. The van der Waals surface area contributed by atoms with Crippen LogP contribution in [0.15, 0.2) is 73.4 Å². The quantitative estimate of drug-likeness (QED) is 0.646. The fourth-order valence-corrected chi connectivity index (χ4v) is 4.61. The molecule has 1 unspecified atom stereocenters. The molecule has 25 heavy (non-hydrogen) atoms. The van der Waals surface area contributed by atoms with E-state index in [1.807, 2.05) is 30.4 Å². The fraction of sp³-hybridized carbons (Fsp3) is 0.304. The van der Waals surface area contributed by atoms with E-state index < -0.39 is 0 Å². The molecule has 2 nitrogen and oxygen atoms in total. The average molecular weight is 332 g/mol. The van der Waals surface area contributed by atoms with Gasteiger partial charge in [0.2, 0.25) is 0 Å². The Hall–Kier alpha value is -2.48. The van der Waals surface area contributed by atoms with E-state index in [-0.39, 0.29) is 17.0 Å². The Kier molecular flexibility index (Phi) is 4.71. The van der Waals surface area contributed by atoms with Gasteiger partial charge in [0, 0.05) is 27.7 Å². The summed E-state index contributed by atoms with van der Waals surface area (Å²) >= 11 is 0. The first-order valence-electron chi connectivity index (χ1n) is 8.82. The standard InChI is InChI=1S/C23H24O2/c1-4-9-16-14-19-20(23(15-16,12-5-2)13-6-3)22(25)18-11-8-7-10-17(18)21(19)24/h4-8,10-11,16H,1-3,9,12-15H2. The first kappa shape index (κ1) is 17.3. The molecule has 0 aromatic heterocycles. The monoisotopic (exact) mass is 332 g/mol. The molecule has 128 valence electrons. The highest BCUT2D eigenvalue weighted by Crippen LogP contribution is 2.53. The molecular weight excluding hydrogens is 308 g/mol. The number of hydrogen-bond donors (Lipinski definition) is 0. The molecule has 0 N–H and O–H groups in total. The Labute approximate surface area is 149 Å². The van der Waals surface area contributed by atoms with Crippen molar-refractivity contribution in [2.75, 3.05) is 0 Å². The van der Waals surface area contributed by atoms with Crippen LogP contribution in [0.25, 0.3) is 0 Å². The Balaban J connectivity index is 2.22. The molecule has 0 heterocycles. The van der Waals surface area contributed by atoms with Crippen molar-refractivity contribution in [1.82, 2.24) is 0 Å². The molecule has 0 fully saturated rings. The predicted molar refractivity (Wildman–Crippen MR) is 102 cm³/mol. The van der Waals surface area contributed by atoms with Crippen molar-refractivity contribution in [2.24, 2.45) is 11.3 Å². The van der Waals surface area contributed by atoms with Crippen LogP contribution in [0.5, 0.6) is 0 Å². The van der Waals surface area contributed by atoms with E-state index in [1.165, 1.54) is 0 Å². The molecule has 1 atom stereocenters. The second-order valence-electron chi connectivity index (χ2n) is 7.12. The maximum Gasteiger partial charge on any atom is 0.190 e. The summed E-state index contributed by atoms with van der Waals surface area (Å²) in [5.74, 6) is 0.334. The van der Waals surface area contributed by atoms with Gasteiger partial charge in [-0.05, 0) is 38.0 Å². The van der Waals surface area contributed by atoms with Crippen LogP contribution in [-0.2, 0) is 0 Å². The lowest BCUT2D eigenvalue weighted by molar-refractivity contribution is 0.0911. The summed E-state index contributed by atoms with van der Waals surface area (Å²) < 4.78 is 0. The van der Waals surface area contributed by atoms with Gasteiger partial charge >= 0.3 is 0 Å². The maximum atomic E-state index is 13.3. The molecule has 2 aliphatic rings. The number of benzene rings is 1. The highest BCUT2D eigenvalue weighted by molar-refractivity contribution is 6.27. The lowest BCUT2D eigenvalue weighted by atomic mass is 9.58. The van der Waals surface area contributed by atoms with Crippen LogP contribution >= 0.6 is 0 Å². The predicted octanol–water partition coefficient (Wildman–Crippen LogP) is 5.49. The zero-order valence-corrected chi connectivity index (χ0v) is 14.6. The summed E-state index contributed by atoms with van der Waals surface area (Å²) in [6.45, 7) is 11.7. The molecule has 3 rings (SSSR count). The second-order valence-corrected chi connectivity index (χ2v) is 7.12. The summed E-state index contributed by atoms with van der Waals surface area (Å²) in [5.41, 5.74) is 2.09. The molecule has 0 saturated heterocycles. The summed E-state index contributed by atoms with van der Waals surface area (Å²) in [6, 6.07) is 7.17. The zero-order valence-electron chi connectivity index (χ0n) is 14.6. The minimum atomic E-state index is -0.384. The van der Waals surface area contributed by atoms with Crippen molar-refractivity contribution in [3.05, 3.63) is 84.5 Å². The lowest BCUT2D eigenvalue weighted by Crippen LogP contribution is -2.39. The molecular formula is C23H24O2. The molecule has 0 radical (unpaired) electrons. The number of Topliss-reactive ketones (excluding diaryl/α,β-unsaturated/α-hetero) is 2. The molecule has 1 aromatic rings. The molecule has 1 aromatic carbocycles. The number of allylic oxidation sites excluding steroid dienone is 5. The van der Waals surface area contributed by atoms with Crippen molar-refractivity contribution in [1.29, 1.82) is 0 Å². The summed E-state index contributed by atoms with van der Waals surface area (Å²) in [7, 11) is 0. The third kappa shape index (κ3) is 2.76. The zero-order chi connectivity index (χ0) is 18.0. The molecule has 0 amide bonds. The van der Waals surface area contributed by atoms with Gasteiger partial charge in [-0.15, -0.1) is 19.7 Å². The van der Waals surface area contributed by atoms with Crippen LogP contribution in [0.2, 0.25) is 0 Å². The van der Waals surface area contributed by atoms with Gasteiger partial charge in [0.15, 0.2) is 11.6 Å². The van der Waals surface area contributed by atoms with Gasteiger partial charge < -0.3 is 0 Å². The number of carbonyl (C=O) groups excluding carboxylic acids is 2. The normalized spacial score (nSPS) is 21.4. The largest absolute Gasteiger partial charge is 0.289 e. The van der Waals surface area contributed by atoms with Crippen molar-refractivity contribution in [2.45, 2.75) is 32.1 Å². The number of hydrogen-bond acceptors (Lipinski definition) is 2. The van der Waals surface area contributed by atoms with Gasteiger partial charge in [0.1, 0.15) is 0 Å². The molecule has 0 saturated carbocycles. The van der Waals surface area contributed by atoms with Crippen molar-refractivity contribution < 1.29 is 9.59 Å². The van der Waals surface area contributed by atoms with E-state index in [0.29, 0.717) is 47.5 Å². The minimum absolute atomic E-state index is 0.00551. The first-order valence-corrected chi connectivity index (χ1v) is 8.82. The van der Waals surface area contributed by atoms with Gasteiger partial charge in [-0.3, -0.25) is 9.59 Å². The molecule has 2 aliphatic carbocycles. The molecule has 2 heteroatoms. The van der Waals surface area contributed by atoms with Crippen molar-refractivity contribution >= 4 is 11.6 Å². The lowest BCUT2D eigenvalue weighted by Gasteiger charge is -2.44. The Morgan fingerprint density at radius 2 is 1.56 bits per heavy atom. The minimum Gasteiger partial charge on any atom is -0.289 e. The van der Waals surface area contributed by atoms with E-state index >= 15 is 0 Å². The van der Waals surface area contributed by atoms with E-state index in [0.717, 1.165) is 12.8 Å². The third-order valence-electron chi connectivity index (χ3n) is 5.49. The average Bonchev–Trinajstić information content (AvgIpc) is 2.60. The summed E-state index contributed by atoms with van der Waals surface area (Å²) in [4.78, 5) is 26.5. The highest BCUT2D eigenvalue weighted by Gasteiger charge is 2.47. The van der Waals surface area contributed by atoms with E-state index in [1.54, 1.807) is 12.1 Å². The molecule has 0 bridgehead atoms. The van der Waals surface area contributed by atoms with Crippen LogP contribution in [0.3, 0.4) is 0 Å². The van der Waals surface area contributed by atoms with E-state index in [4.69, 9.17) is 0 Å². The first-order chi connectivity index (χ1) is 12.1. The third-order valence-corrected chi connectivity index (χ3v) is 5.49. The van der Waals surface area contributed by atoms with Crippen LogP contribution in [0.4, 0.5) is 0 Å².